The summed E-state index contributed by atoms with van der Waals surface area (Å²) >= 11 is 0. The van der Waals surface area contributed by atoms with Crippen molar-refractivity contribution in [1.82, 2.24) is 0 Å². The minimum absolute atomic E-state index is 0.285. The zero-order valence-electron chi connectivity index (χ0n) is 8.47. The minimum atomic E-state index is -2.61. The topological polar surface area (TPSA) is 35.2 Å². The van der Waals surface area contributed by atoms with Gasteiger partial charge in [-0.3, -0.25) is 0 Å². The number of ether oxygens (including phenoxy) is 1. The quantitative estimate of drug-likeness (QED) is 0.818. The van der Waals surface area contributed by atoms with Crippen molar-refractivity contribution in [1.29, 1.82) is 0 Å². The van der Waals surface area contributed by atoms with Gasteiger partial charge in [0, 0.05) is 12.8 Å². The van der Waals surface area contributed by atoms with E-state index in [1.54, 1.807) is 24.3 Å². The Balaban J connectivity index is 2.23. The summed E-state index contributed by atoms with van der Waals surface area (Å²) in [6.07, 6.45) is -0.569. The molecule has 4 heteroatoms. The molecule has 2 rings (SSSR count). The molecule has 1 aromatic rings. The summed E-state index contributed by atoms with van der Waals surface area (Å²) in [7, 11) is 1.54. The van der Waals surface area contributed by atoms with Crippen LogP contribution in [0.3, 0.4) is 0 Å². The summed E-state index contributed by atoms with van der Waals surface area (Å²) in [5.41, 5.74) is 5.71. The Morgan fingerprint density at radius 2 is 2.00 bits per heavy atom. The van der Waals surface area contributed by atoms with Gasteiger partial charge in [-0.15, -0.1) is 0 Å². The van der Waals surface area contributed by atoms with Crippen LogP contribution in [0.2, 0.25) is 0 Å². The van der Waals surface area contributed by atoms with Gasteiger partial charge in [-0.05, 0) is 17.7 Å². The molecule has 0 bridgehead atoms. The summed E-state index contributed by atoms with van der Waals surface area (Å²) in [4.78, 5) is 0. The van der Waals surface area contributed by atoms with Crippen LogP contribution in [0, 0.1) is 0 Å². The second-order valence-corrected chi connectivity index (χ2v) is 4.10. The zero-order valence-corrected chi connectivity index (χ0v) is 8.47. The number of halogens is 2. The van der Waals surface area contributed by atoms with Crippen LogP contribution < -0.4 is 10.5 Å². The first kappa shape index (κ1) is 10.4. The largest absolute Gasteiger partial charge is 0.497 e. The van der Waals surface area contributed by atoms with E-state index in [9.17, 15) is 8.78 Å². The monoisotopic (exact) mass is 213 g/mol. The fraction of sp³-hybridized carbons (Fsp3) is 0.455. The predicted molar refractivity (Wildman–Crippen MR) is 53.0 cm³/mol. The number of alkyl halides is 2. The first-order valence-electron chi connectivity index (χ1n) is 4.76. The molecule has 0 spiro atoms. The molecule has 82 valence electrons. The van der Waals surface area contributed by atoms with Crippen LogP contribution in [0.15, 0.2) is 24.3 Å². The van der Waals surface area contributed by atoms with Crippen molar-refractivity contribution < 1.29 is 13.5 Å². The SMILES string of the molecule is COc1cccc(C2(N)CC(F)(F)C2)c1. The summed E-state index contributed by atoms with van der Waals surface area (Å²) < 4.78 is 30.6. The van der Waals surface area contributed by atoms with Crippen LogP contribution in [0.5, 0.6) is 5.75 Å². The Morgan fingerprint density at radius 1 is 1.33 bits per heavy atom. The predicted octanol–water partition coefficient (Wildman–Crippen LogP) is 2.28. The van der Waals surface area contributed by atoms with Gasteiger partial charge in [-0.2, -0.15) is 0 Å². The van der Waals surface area contributed by atoms with E-state index in [-0.39, 0.29) is 12.8 Å². The van der Waals surface area contributed by atoms with Gasteiger partial charge >= 0.3 is 0 Å². The van der Waals surface area contributed by atoms with Crippen LogP contribution >= 0.6 is 0 Å². The highest BCUT2D eigenvalue weighted by atomic mass is 19.3. The van der Waals surface area contributed by atoms with Gasteiger partial charge in [0.05, 0.1) is 12.6 Å². The van der Waals surface area contributed by atoms with Crippen LogP contribution in [-0.4, -0.2) is 13.0 Å². The van der Waals surface area contributed by atoms with Crippen molar-refractivity contribution in [2.75, 3.05) is 7.11 Å². The average molecular weight is 213 g/mol. The molecule has 0 atom stereocenters. The Labute approximate surface area is 87.0 Å². The van der Waals surface area contributed by atoms with Crippen molar-refractivity contribution >= 4 is 0 Å². The van der Waals surface area contributed by atoms with Crippen LogP contribution in [-0.2, 0) is 5.54 Å². The second-order valence-electron chi connectivity index (χ2n) is 4.10. The van der Waals surface area contributed by atoms with Gasteiger partial charge < -0.3 is 10.5 Å². The van der Waals surface area contributed by atoms with Crippen molar-refractivity contribution in [2.45, 2.75) is 24.3 Å². The first-order valence-corrected chi connectivity index (χ1v) is 4.76. The van der Waals surface area contributed by atoms with E-state index in [1.165, 1.54) is 7.11 Å². The molecule has 1 aromatic carbocycles. The molecule has 0 saturated heterocycles. The number of rotatable bonds is 2. The molecule has 0 heterocycles. The number of hydrogen-bond donors (Lipinski definition) is 1. The number of hydrogen-bond acceptors (Lipinski definition) is 2. The maximum atomic E-state index is 12.8. The molecule has 0 unspecified atom stereocenters. The molecule has 1 aliphatic rings. The maximum absolute atomic E-state index is 12.8. The third kappa shape index (κ3) is 1.81. The lowest BCUT2D eigenvalue weighted by atomic mass is 9.70. The molecule has 0 amide bonds. The van der Waals surface area contributed by atoms with E-state index < -0.39 is 11.5 Å². The van der Waals surface area contributed by atoms with E-state index in [0.717, 1.165) is 0 Å². The number of methoxy groups -OCH3 is 1. The van der Waals surface area contributed by atoms with Gasteiger partial charge in [-0.25, -0.2) is 8.78 Å². The fourth-order valence-electron chi connectivity index (χ4n) is 2.01. The van der Waals surface area contributed by atoms with Crippen LogP contribution in [0.25, 0.3) is 0 Å². The third-order valence-corrected chi connectivity index (χ3v) is 2.79. The lowest BCUT2D eigenvalue weighted by Crippen LogP contribution is -2.55. The molecule has 2 nitrogen and oxygen atoms in total. The molecule has 1 aliphatic carbocycles. The van der Waals surface area contributed by atoms with Crippen molar-refractivity contribution in [3.63, 3.8) is 0 Å². The molecule has 1 fully saturated rings. The van der Waals surface area contributed by atoms with Crippen LogP contribution in [0.4, 0.5) is 8.78 Å². The van der Waals surface area contributed by atoms with Crippen molar-refractivity contribution in [2.24, 2.45) is 5.73 Å². The number of benzene rings is 1. The van der Waals surface area contributed by atoms with Gasteiger partial charge in [0.25, 0.3) is 5.92 Å². The Morgan fingerprint density at radius 3 is 2.53 bits per heavy atom. The Hall–Kier alpha value is -1.16. The normalized spacial score (nSPS) is 21.9. The highest BCUT2D eigenvalue weighted by molar-refractivity contribution is 5.35. The molecule has 0 aromatic heterocycles. The Kier molecular flexibility index (Phi) is 2.19. The smallest absolute Gasteiger partial charge is 0.252 e. The lowest BCUT2D eigenvalue weighted by Gasteiger charge is -2.44. The second kappa shape index (κ2) is 3.17. The fourth-order valence-corrected chi connectivity index (χ4v) is 2.01. The summed E-state index contributed by atoms with van der Waals surface area (Å²) in [6, 6.07) is 7.01. The molecule has 2 N–H and O–H groups in total. The van der Waals surface area contributed by atoms with E-state index >= 15 is 0 Å². The van der Waals surface area contributed by atoms with Crippen molar-refractivity contribution in [3.05, 3.63) is 29.8 Å². The molecule has 0 aliphatic heterocycles. The van der Waals surface area contributed by atoms with E-state index in [4.69, 9.17) is 10.5 Å². The highest BCUT2D eigenvalue weighted by Gasteiger charge is 2.55. The van der Waals surface area contributed by atoms with Crippen molar-refractivity contribution in [3.8, 4) is 5.75 Å². The zero-order chi connectivity index (χ0) is 11.1. The summed E-state index contributed by atoms with van der Waals surface area (Å²) in [6.45, 7) is 0. The number of nitrogens with two attached hydrogens (primary N) is 1. The summed E-state index contributed by atoms with van der Waals surface area (Å²) in [5, 5.41) is 0. The minimum Gasteiger partial charge on any atom is -0.497 e. The molecular weight excluding hydrogens is 200 g/mol. The van der Waals surface area contributed by atoms with Gasteiger partial charge in [0.2, 0.25) is 0 Å². The summed E-state index contributed by atoms with van der Waals surface area (Å²) in [5.74, 6) is -1.97. The third-order valence-electron chi connectivity index (χ3n) is 2.79. The molecule has 1 saturated carbocycles. The molecule has 0 radical (unpaired) electrons. The first-order chi connectivity index (χ1) is 6.95. The maximum Gasteiger partial charge on any atom is 0.252 e. The Bertz CT molecular complexity index is 371. The van der Waals surface area contributed by atoms with E-state index in [2.05, 4.69) is 0 Å². The highest BCUT2D eigenvalue weighted by Crippen LogP contribution is 2.50. The lowest BCUT2D eigenvalue weighted by molar-refractivity contribution is -0.125. The average Bonchev–Trinajstić information content (AvgIpc) is 2.15. The van der Waals surface area contributed by atoms with Crippen LogP contribution in [0.1, 0.15) is 18.4 Å². The standard InChI is InChI=1S/C11H13F2NO/c1-15-9-4-2-3-8(5-9)10(14)6-11(12,13)7-10/h2-5H,6-7,14H2,1H3. The van der Waals surface area contributed by atoms with Gasteiger partial charge in [0.1, 0.15) is 5.75 Å². The van der Waals surface area contributed by atoms with Gasteiger partial charge in [0.15, 0.2) is 0 Å². The molecular formula is C11H13F2NO. The van der Waals surface area contributed by atoms with E-state index in [1.807, 2.05) is 0 Å². The van der Waals surface area contributed by atoms with E-state index in [0.29, 0.717) is 11.3 Å². The van der Waals surface area contributed by atoms with Gasteiger partial charge in [-0.1, -0.05) is 12.1 Å². The molecule has 15 heavy (non-hydrogen) atoms.